The molecule has 0 atom stereocenters. The second-order valence-electron chi connectivity index (χ2n) is 13.5. The zero-order valence-electron chi connectivity index (χ0n) is 29.3. The smallest absolute Gasteiger partial charge is 0.160 e. The summed E-state index contributed by atoms with van der Waals surface area (Å²) in [6.45, 7) is 0. The number of fused-ring (bicyclic) bond motifs is 10. The van der Waals surface area contributed by atoms with Gasteiger partial charge in [0.15, 0.2) is 5.82 Å². The topological polar surface area (TPSA) is 51.6 Å². The third-order valence-electron chi connectivity index (χ3n) is 10.3. The van der Waals surface area contributed by atoms with E-state index in [4.69, 9.17) is 9.97 Å². The molecule has 0 radical (unpaired) electrons. The largest absolute Gasteiger partial charge is 0.265 e. The van der Waals surface area contributed by atoms with Gasteiger partial charge in [0, 0.05) is 41.5 Å². The third kappa shape index (κ3) is 5.58. The molecule has 54 heavy (non-hydrogen) atoms. The van der Waals surface area contributed by atoms with Crippen molar-refractivity contribution >= 4 is 53.9 Å². The summed E-state index contributed by atoms with van der Waals surface area (Å²) in [6.07, 6.45) is 7.22. The van der Waals surface area contributed by atoms with Crippen LogP contribution < -0.4 is 0 Å². The third-order valence-corrected chi connectivity index (χ3v) is 10.3. The molecular formula is C50H32N4. The lowest BCUT2D eigenvalue weighted by molar-refractivity contribution is 1.18. The van der Waals surface area contributed by atoms with E-state index < -0.39 is 0 Å². The lowest BCUT2D eigenvalue weighted by Gasteiger charge is -2.12. The van der Waals surface area contributed by atoms with Crippen LogP contribution in [0.3, 0.4) is 0 Å². The van der Waals surface area contributed by atoms with Gasteiger partial charge in [0.05, 0.1) is 11.4 Å². The Labute approximate surface area is 312 Å². The van der Waals surface area contributed by atoms with Gasteiger partial charge in [-0.05, 0) is 101 Å². The van der Waals surface area contributed by atoms with Crippen LogP contribution in [0.1, 0.15) is 0 Å². The molecule has 7 aromatic carbocycles. The SMILES string of the molecule is c1ccc2c(c1)c1ccccc1c1ccccc1c1cc(-c3cc(-c4ccc(-c5ccncc5)cc4)nc(-c4ccncc4)n3)ccc1c1ccccc21. The lowest BCUT2D eigenvalue weighted by atomic mass is 9.93. The predicted molar refractivity (Wildman–Crippen MR) is 225 cm³/mol. The summed E-state index contributed by atoms with van der Waals surface area (Å²) in [5.41, 5.74) is 6.89. The van der Waals surface area contributed by atoms with E-state index in [1.807, 2.05) is 36.7 Å². The molecule has 4 heteroatoms. The van der Waals surface area contributed by atoms with Gasteiger partial charge in [0.25, 0.3) is 0 Å². The summed E-state index contributed by atoms with van der Waals surface area (Å²) in [5.74, 6) is 0.652. The molecule has 0 fully saturated rings. The average Bonchev–Trinajstić information content (AvgIpc) is 3.26. The molecule has 10 rings (SSSR count). The van der Waals surface area contributed by atoms with Crippen molar-refractivity contribution in [2.75, 3.05) is 0 Å². The lowest BCUT2D eigenvalue weighted by Crippen LogP contribution is -1.96. The number of aromatic nitrogens is 4. The molecule has 0 aliphatic carbocycles. The first-order valence-corrected chi connectivity index (χ1v) is 18.1. The van der Waals surface area contributed by atoms with Gasteiger partial charge in [0.1, 0.15) is 0 Å². The molecule has 252 valence electrons. The van der Waals surface area contributed by atoms with Crippen LogP contribution >= 0.6 is 0 Å². The van der Waals surface area contributed by atoms with Crippen molar-refractivity contribution in [2.45, 2.75) is 0 Å². The van der Waals surface area contributed by atoms with E-state index in [-0.39, 0.29) is 0 Å². The Balaban J connectivity index is 1.28. The Kier molecular flexibility index (Phi) is 7.77. The van der Waals surface area contributed by atoms with Crippen LogP contribution in [-0.2, 0) is 0 Å². The van der Waals surface area contributed by atoms with Crippen LogP contribution in [0, 0.1) is 0 Å². The van der Waals surface area contributed by atoms with E-state index in [1.165, 1.54) is 48.5 Å². The van der Waals surface area contributed by atoms with Crippen molar-refractivity contribution in [3.8, 4) is 45.0 Å². The molecule has 0 saturated carbocycles. The van der Waals surface area contributed by atoms with Crippen LogP contribution in [0.25, 0.3) is 98.9 Å². The van der Waals surface area contributed by atoms with Crippen LogP contribution in [0.5, 0.6) is 0 Å². The summed E-state index contributed by atoms with van der Waals surface area (Å²) in [4.78, 5) is 18.8. The highest BCUT2D eigenvalue weighted by molar-refractivity contribution is 6.26. The van der Waals surface area contributed by atoms with Crippen LogP contribution in [-0.4, -0.2) is 19.9 Å². The van der Waals surface area contributed by atoms with Crippen molar-refractivity contribution in [3.05, 3.63) is 195 Å². The number of benzene rings is 6. The highest BCUT2D eigenvalue weighted by Crippen LogP contribution is 2.38. The maximum Gasteiger partial charge on any atom is 0.160 e. The standard InChI is InChI=1S/C50H32N4/c1-2-11-40-38(9-1)39-10-3-4-12-41(39)43-14-7-8-16-45(43)47-31-37(21-22-46(47)44-15-6-5-13-42(40)44)49-32-48(53-50(54-49)36-25-29-52-30-26-36)35-19-17-33(18-20-35)34-23-27-51-28-24-34/h1-32H. The first-order chi connectivity index (χ1) is 26.8. The first kappa shape index (κ1) is 31.4. The minimum absolute atomic E-state index is 0.652. The molecule has 0 N–H and O–H groups in total. The Bertz CT molecular complexity index is 3010. The maximum atomic E-state index is 5.21. The molecule has 0 spiro atoms. The highest BCUT2D eigenvalue weighted by Gasteiger charge is 2.14. The number of pyridine rings is 2. The van der Waals surface area contributed by atoms with Crippen LogP contribution in [0.4, 0.5) is 0 Å². The summed E-state index contributed by atoms with van der Waals surface area (Å²) in [5, 5.41) is 11.9. The normalized spacial score (nSPS) is 11.3. The fourth-order valence-corrected chi connectivity index (χ4v) is 7.72. The molecule has 10 aromatic rings. The fourth-order valence-electron chi connectivity index (χ4n) is 7.72. The summed E-state index contributed by atoms with van der Waals surface area (Å²) >= 11 is 0. The minimum Gasteiger partial charge on any atom is -0.265 e. The van der Waals surface area contributed by atoms with Gasteiger partial charge in [-0.15, -0.1) is 0 Å². The molecule has 0 bridgehead atoms. The van der Waals surface area contributed by atoms with Gasteiger partial charge < -0.3 is 0 Å². The van der Waals surface area contributed by atoms with Crippen molar-refractivity contribution in [1.82, 2.24) is 19.9 Å². The molecule has 0 aliphatic heterocycles. The molecule has 0 amide bonds. The Hall–Kier alpha value is -7.30. The van der Waals surface area contributed by atoms with E-state index in [1.54, 1.807) is 12.4 Å². The molecule has 0 saturated heterocycles. The second kappa shape index (κ2) is 13.4. The van der Waals surface area contributed by atoms with Gasteiger partial charge >= 0.3 is 0 Å². The van der Waals surface area contributed by atoms with E-state index in [0.29, 0.717) is 5.82 Å². The van der Waals surface area contributed by atoms with Crippen molar-refractivity contribution in [2.24, 2.45) is 0 Å². The number of hydrogen-bond acceptors (Lipinski definition) is 4. The number of rotatable bonds is 4. The molecule has 3 aromatic heterocycles. The Morgan fingerprint density at radius 2 is 0.574 bits per heavy atom. The van der Waals surface area contributed by atoms with E-state index in [9.17, 15) is 0 Å². The predicted octanol–water partition coefficient (Wildman–Crippen LogP) is 12.8. The summed E-state index contributed by atoms with van der Waals surface area (Å²) < 4.78 is 0. The van der Waals surface area contributed by atoms with E-state index in [2.05, 4.69) is 156 Å². The quantitative estimate of drug-likeness (QED) is 0.185. The first-order valence-electron chi connectivity index (χ1n) is 18.1. The van der Waals surface area contributed by atoms with Gasteiger partial charge in [-0.25, -0.2) is 9.97 Å². The van der Waals surface area contributed by atoms with Crippen molar-refractivity contribution in [1.29, 1.82) is 0 Å². The Morgan fingerprint density at radius 3 is 1.04 bits per heavy atom. The van der Waals surface area contributed by atoms with Gasteiger partial charge in [0.2, 0.25) is 0 Å². The highest BCUT2D eigenvalue weighted by atomic mass is 14.9. The summed E-state index contributed by atoms with van der Waals surface area (Å²) in [6, 6.07) is 60.6. The van der Waals surface area contributed by atoms with E-state index in [0.717, 1.165) is 44.6 Å². The Morgan fingerprint density at radius 1 is 0.241 bits per heavy atom. The van der Waals surface area contributed by atoms with E-state index >= 15 is 0 Å². The average molecular weight is 689 g/mol. The zero-order chi connectivity index (χ0) is 35.8. The maximum absolute atomic E-state index is 5.21. The van der Waals surface area contributed by atoms with Crippen LogP contribution in [0.2, 0.25) is 0 Å². The van der Waals surface area contributed by atoms with Crippen molar-refractivity contribution in [3.63, 3.8) is 0 Å². The monoisotopic (exact) mass is 688 g/mol. The minimum atomic E-state index is 0.652. The van der Waals surface area contributed by atoms with Gasteiger partial charge in [-0.3, -0.25) is 9.97 Å². The van der Waals surface area contributed by atoms with Gasteiger partial charge in [-0.2, -0.15) is 0 Å². The summed E-state index contributed by atoms with van der Waals surface area (Å²) in [7, 11) is 0. The number of hydrogen-bond donors (Lipinski definition) is 0. The fraction of sp³-hybridized carbons (Fsp3) is 0. The molecule has 0 unspecified atom stereocenters. The van der Waals surface area contributed by atoms with Crippen LogP contribution in [0.15, 0.2) is 195 Å². The van der Waals surface area contributed by atoms with Gasteiger partial charge in [-0.1, -0.05) is 133 Å². The molecule has 4 nitrogen and oxygen atoms in total. The molecule has 3 heterocycles. The zero-order valence-corrected chi connectivity index (χ0v) is 29.3. The second-order valence-corrected chi connectivity index (χ2v) is 13.5. The van der Waals surface area contributed by atoms with Crippen molar-refractivity contribution < 1.29 is 0 Å². The molecular weight excluding hydrogens is 657 g/mol. The number of nitrogens with zero attached hydrogens (tertiary/aromatic N) is 4. The molecule has 0 aliphatic rings.